The molecule has 1 aliphatic heterocycles. The molecule has 3 heterocycles. The molecule has 2 atom stereocenters. The summed E-state index contributed by atoms with van der Waals surface area (Å²) in [4.78, 5) is 48.6. The number of cyclic esters (lactones) is 1. The second kappa shape index (κ2) is 11.6. The lowest BCUT2D eigenvalue weighted by Gasteiger charge is -2.24. The van der Waals surface area contributed by atoms with Gasteiger partial charge in [-0.3, -0.25) is 24.5 Å². The number of amides is 3. The average Bonchev–Trinajstić information content (AvgIpc) is 3.28. The Hall–Kier alpha value is -5.05. The minimum absolute atomic E-state index is 0.223. The van der Waals surface area contributed by atoms with Crippen molar-refractivity contribution >= 4 is 23.6 Å². The average molecular weight is 522 g/mol. The van der Waals surface area contributed by atoms with E-state index < -0.39 is 18.2 Å². The Morgan fingerprint density at radius 3 is 2.36 bits per heavy atom. The van der Waals surface area contributed by atoms with E-state index in [-0.39, 0.29) is 24.9 Å². The molecule has 0 saturated carbocycles. The quantitative estimate of drug-likeness (QED) is 0.355. The number of pyridine rings is 2. The van der Waals surface area contributed by atoms with Gasteiger partial charge < -0.3 is 15.4 Å². The molecule has 0 unspecified atom stereocenters. The second-order valence-corrected chi connectivity index (χ2v) is 9.26. The fourth-order valence-corrected chi connectivity index (χ4v) is 4.47. The molecule has 196 valence electrons. The highest BCUT2D eigenvalue weighted by Crippen LogP contribution is 2.34. The molecule has 2 aromatic carbocycles. The fraction of sp³-hybridized carbons (Fsp3) is 0.167. The van der Waals surface area contributed by atoms with Crippen molar-refractivity contribution < 1.29 is 19.1 Å². The van der Waals surface area contributed by atoms with Crippen molar-refractivity contribution in [3.8, 4) is 0 Å². The van der Waals surface area contributed by atoms with Crippen molar-refractivity contribution in [2.24, 2.45) is 0 Å². The summed E-state index contributed by atoms with van der Waals surface area (Å²) in [6.07, 6.45) is 5.02. The zero-order valence-corrected chi connectivity index (χ0v) is 21.3. The van der Waals surface area contributed by atoms with Gasteiger partial charge in [-0.15, -0.1) is 0 Å². The maximum absolute atomic E-state index is 13.5. The standard InChI is InChI=1S/C30H27N5O4/c1-20-5-2-6-21(15-20)19-35-26(29(37)33-17-22-7-3-13-31-16-22)27(39-30(35)38)23-9-11-25(12-10-23)34-28(36)24-8-4-14-32-18-24/h2-16,18,26-27H,17,19H2,1H3,(H,33,37)(H,34,36)/t26-,27+/m0/s1. The van der Waals surface area contributed by atoms with Crippen LogP contribution in [-0.4, -0.2) is 38.8 Å². The molecule has 0 spiro atoms. The topological polar surface area (TPSA) is 114 Å². The van der Waals surface area contributed by atoms with Crippen LogP contribution in [0.5, 0.6) is 0 Å². The van der Waals surface area contributed by atoms with E-state index >= 15 is 0 Å². The third kappa shape index (κ3) is 6.10. The molecule has 1 aliphatic rings. The Bertz CT molecular complexity index is 1460. The summed E-state index contributed by atoms with van der Waals surface area (Å²) in [5.74, 6) is -0.628. The van der Waals surface area contributed by atoms with Gasteiger partial charge in [0.2, 0.25) is 5.91 Å². The number of anilines is 1. The van der Waals surface area contributed by atoms with Crippen LogP contribution in [0.25, 0.3) is 0 Å². The number of rotatable bonds is 8. The van der Waals surface area contributed by atoms with Crippen LogP contribution >= 0.6 is 0 Å². The lowest BCUT2D eigenvalue weighted by atomic mass is 10.00. The first kappa shape index (κ1) is 25.6. The normalized spacial score (nSPS) is 16.4. The van der Waals surface area contributed by atoms with E-state index in [0.717, 1.165) is 16.7 Å². The van der Waals surface area contributed by atoms with Crippen molar-refractivity contribution in [1.29, 1.82) is 0 Å². The van der Waals surface area contributed by atoms with Crippen LogP contribution in [0.2, 0.25) is 0 Å². The van der Waals surface area contributed by atoms with Crippen molar-refractivity contribution in [2.75, 3.05) is 5.32 Å². The Kier molecular flexibility index (Phi) is 7.58. The lowest BCUT2D eigenvalue weighted by Crippen LogP contribution is -2.46. The van der Waals surface area contributed by atoms with Gasteiger partial charge in [0.25, 0.3) is 5.91 Å². The van der Waals surface area contributed by atoms with E-state index in [0.29, 0.717) is 16.8 Å². The first-order valence-electron chi connectivity index (χ1n) is 12.5. The second-order valence-electron chi connectivity index (χ2n) is 9.26. The van der Waals surface area contributed by atoms with Gasteiger partial charge >= 0.3 is 6.09 Å². The molecule has 3 amide bonds. The summed E-state index contributed by atoms with van der Waals surface area (Å²) in [5, 5.41) is 5.75. The molecule has 1 saturated heterocycles. The Morgan fingerprint density at radius 1 is 0.923 bits per heavy atom. The highest BCUT2D eigenvalue weighted by atomic mass is 16.6. The summed E-state index contributed by atoms with van der Waals surface area (Å²) in [6, 6.07) is 20.8. The molecule has 4 aromatic rings. The van der Waals surface area contributed by atoms with Gasteiger partial charge in [0, 0.05) is 37.0 Å². The molecule has 2 N–H and O–H groups in total. The molecular formula is C30H27N5O4. The Morgan fingerprint density at radius 2 is 1.67 bits per heavy atom. The molecule has 0 aliphatic carbocycles. The third-order valence-corrected chi connectivity index (χ3v) is 6.40. The molecule has 0 radical (unpaired) electrons. The summed E-state index contributed by atoms with van der Waals surface area (Å²) in [5.41, 5.74) is 4.42. The van der Waals surface area contributed by atoms with Crippen molar-refractivity contribution in [1.82, 2.24) is 20.2 Å². The SMILES string of the molecule is Cc1cccc(CN2C(=O)O[C@H](c3ccc(NC(=O)c4cccnc4)cc3)[C@H]2C(=O)NCc2cccnc2)c1. The van der Waals surface area contributed by atoms with Gasteiger partial charge in [-0.05, 0) is 53.9 Å². The molecule has 9 nitrogen and oxygen atoms in total. The van der Waals surface area contributed by atoms with E-state index in [9.17, 15) is 14.4 Å². The van der Waals surface area contributed by atoms with Gasteiger partial charge in [0.05, 0.1) is 12.1 Å². The minimum Gasteiger partial charge on any atom is -0.438 e. The highest BCUT2D eigenvalue weighted by molar-refractivity contribution is 6.04. The fourth-order valence-electron chi connectivity index (χ4n) is 4.47. The summed E-state index contributed by atoms with van der Waals surface area (Å²) >= 11 is 0. The summed E-state index contributed by atoms with van der Waals surface area (Å²) in [6.45, 7) is 2.46. The predicted octanol–water partition coefficient (Wildman–Crippen LogP) is 4.42. The van der Waals surface area contributed by atoms with Gasteiger partial charge in [0.1, 0.15) is 0 Å². The monoisotopic (exact) mass is 521 g/mol. The Balaban J connectivity index is 1.37. The van der Waals surface area contributed by atoms with E-state index in [1.54, 1.807) is 61.1 Å². The number of ether oxygens (including phenoxy) is 1. The van der Waals surface area contributed by atoms with Crippen molar-refractivity contribution in [3.05, 3.63) is 125 Å². The van der Waals surface area contributed by atoms with Crippen LogP contribution in [-0.2, 0) is 22.6 Å². The lowest BCUT2D eigenvalue weighted by molar-refractivity contribution is -0.126. The van der Waals surface area contributed by atoms with Crippen LogP contribution < -0.4 is 10.6 Å². The van der Waals surface area contributed by atoms with Gasteiger partial charge in [-0.1, -0.05) is 48.0 Å². The number of nitrogens with one attached hydrogen (secondary N) is 2. The van der Waals surface area contributed by atoms with Crippen molar-refractivity contribution in [2.45, 2.75) is 32.2 Å². The number of hydrogen-bond acceptors (Lipinski definition) is 6. The highest BCUT2D eigenvalue weighted by Gasteiger charge is 2.46. The number of benzene rings is 2. The van der Waals surface area contributed by atoms with Crippen LogP contribution in [0.1, 0.15) is 38.7 Å². The van der Waals surface area contributed by atoms with E-state index in [1.807, 2.05) is 37.3 Å². The van der Waals surface area contributed by atoms with Crippen LogP contribution in [0.3, 0.4) is 0 Å². The molecule has 9 heteroatoms. The Labute approximate surface area is 225 Å². The van der Waals surface area contributed by atoms with Gasteiger partial charge in [-0.2, -0.15) is 0 Å². The predicted molar refractivity (Wildman–Crippen MR) is 144 cm³/mol. The number of hydrogen-bond donors (Lipinski definition) is 2. The summed E-state index contributed by atoms with van der Waals surface area (Å²) in [7, 11) is 0. The van der Waals surface area contributed by atoms with E-state index in [1.165, 1.54) is 11.1 Å². The first-order valence-corrected chi connectivity index (χ1v) is 12.5. The largest absolute Gasteiger partial charge is 0.438 e. The molecular weight excluding hydrogens is 494 g/mol. The number of aromatic nitrogens is 2. The van der Waals surface area contributed by atoms with Gasteiger partial charge in [0.15, 0.2) is 12.1 Å². The number of aryl methyl sites for hydroxylation is 1. The first-order chi connectivity index (χ1) is 19.0. The van der Waals surface area contributed by atoms with E-state index in [4.69, 9.17) is 4.74 Å². The molecule has 5 rings (SSSR count). The number of carbonyl (C=O) groups excluding carboxylic acids is 3. The van der Waals surface area contributed by atoms with Crippen LogP contribution in [0, 0.1) is 6.92 Å². The smallest absolute Gasteiger partial charge is 0.411 e. The maximum atomic E-state index is 13.5. The van der Waals surface area contributed by atoms with Crippen LogP contribution in [0.4, 0.5) is 10.5 Å². The maximum Gasteiger partial charge on any atom is 0.411 e. The molecule has 0 bridgehead atoms. The molecule has 1 fully saturated rings. The minimum atomic E-state index is -0.898. The number of carbonyl (C=O) groups is 3. The van der Waals surface area contributed by atoms with Crippen molar-refractivity contribution in [3.63, 3.8) is 0 Å². The molecule has 2 aromatic heterocycles. The number of nitrogens with zero attached hydrogens (tertiary/aromatic N) is 3. The third-order valence-electron chi connectivity index (χ3n) is 6.40. The van der Waals surface area contributed by atoms with Crippen LogP contribution in [0.15, 0.2) is 97.6 Å². The molecule has 39 heavy (non-hydrogen) atoms. The summed E-state index contributed by atoms with van der Waals surface area (Å²) < 4.78 is 5.76. The van der Waals surface area contributed by atoms with E-state index in [2.05, 4.69) is 20.6 Å². The van der Waals surface area contributed by atoms with Gasteiger partial charge in [-0.25, -0.2) is 4.79 Å². The zero-order valence-electron chi connectivity index (χ0n) is 21.3. The zero-order chi connectivity index (χ0) is 27.2.